The van der Waals surface area contributed by atoms with Gasteiger partial charge in [-0.1, -0.05) is 42.5 Å². The van der Waals surface area contributed by atoms with E-state index in [4.69, 9.17) is 0 Å². The highest BCUT2D eigenvalue weighted by Gasteiger charge is 2.02. The summed E-state index contributed by atoms with van der Waals surface area (Å²) >= 11 is 0. The number of pyridine rings is 1. The molecule has 0 radical (unpaired) electrons. The lowest BCUT2D eigenvalue weighted by atomic mass is 10.2. The first-order chi connectivity index (χ1) is 12.3. The van der Waals surface area contributed by atoms with Crippen LogP contribution >= 0.6 is 0 Å². The number of nitrogens with zero attached hydrogens (tertiary/aromatic N) is 3. The van der Waals surface area contributed by atoms with Gasteiger partial charge in [0.25, 0.3) is 0 Å². The van der Waals surface area contributed by atoms with Crippen molar-refractivity contribution >= 4 is 12.0 Å². The van der Waals surface area contributed by atoms with E-state index >= 15 is 0 Å². The number of amides is 1. The molecule has 1 amide bonds. The summed E-state index contributed by atoms with van der Waals surface area (Å²) in [5.74, 6) is 0.828. The number of hydrogen-bond donors (Lipinski definition) is 1. The summed E-state index contributed by atoms with van der Waals surface area (Å²) in [6.07, 6.45) is 12.2. The summed E-state index contributed by atoms with van der Waals surface area (Å²) in [4.78, 5) is 20.3. The van der Waals surface area contributed by atoms with E-state index in [1.54, 1.807) is 18.7 Å². The first kappa shape index (κ1) is 16.6. The molecule has 0 aliphatic carbocycles. The van der Waals surface area contributed by atoms with E-state index in [2.05, 4.69) is 15.3 Å². The standard InChI is InChI=1S/C20H20N4O/c25-20(9-5-4-8-17-6-2-1-3-7-17)23-15-18-10-11-22-19(14-18)24-13-12-21-16-24/h1-4,6-8,10-14,16H,5,9,15H2,(H,23,25). The van der Waals surface area contributed by atoms with E-state index < -0.39 is 0 Å². The second-order valence-electron chi connectivity index (χ2n) is 5.62. The Bertz CT molecular complexity index is 826. The lowest BCUT2D eigenvalue weighted by Crippen LogP contribution is -2.22. The molecule has 2 heterocycles. The number of aromatic nitrogens is 3. The first-order valence-electron chi connectivity index (χ1n) is 8.23. The Hall–Kier alpha value is -3.21. The summed E-state index contributed by atoms with van der Waals surface area (Å²) in [6, 6.07) is 13.9. The van der Waals surface area contributed by atoms with Crippen molar-refractivity contribution in [3.8, 4) is 5.82 Å². The van der Waals surface area contributed by atoms with Crippen molar-refractivity contribution in [3.63, 3.8) is 0 Å². The van der Waals surface area contributed by atoms with Gasteiger partial charge in [-0.3, -0.25) is 9.36 Å². The number of allylic oxidation sites excluding steroid dienone is 1. The monoisotopic (exact) mass is 332 g/mol. The van der Waals surface area contributed by atoms with Crippen LogP contribution < -0.4 is 5.32 Å². The van der Waals surface area contributed by atoms with Crippen molar-refractivity contribution in [1.82, 2.24) is 19.9 Å². The van der Waals surface area contributed by atoms with Gasteiger partial charge in [0.15, 0.2) is 0 Å². The van der Waals surface area contributed by atoms with Crippen LogP contribution in [0, 0.1) is 0 Å². The SMILES string of the molecule is O=C(CCC=Cc1ccccc1)NCc1ccnc(-n2ccnc2)c1. The van der Waals surface area contributed by atoms with E-state index in [1.807, 2.05) is 65.4 Å². The fraction of sp³-hybridized carbons (Fsp3) is 0.150. The summed E-state index contributed by atoms with van der Waals surface area (Å²) in [5, 5.41) is 2.94. The minimum Gasteiger partial charge on any atom is -0.352 e. The molecule has 0 fully saturated rings. The quantitative estimate of drug-likeness (QED) is 0.721. The van der Waals surface area contributed by atoms with E-state index in [9.17, 15) is 4.79 Å². The fourth-order valence-electron chi connectivity index (χ4n) is 2.39. The lowest BCUT2D eigenvalue weighted by molar-refractivity contribution is -0.121. The van der Waals surface area contributed by atoms with Crippen molar-refractivity contribution in [3.05, 3.63) is 84.6 Å². The second kappa shape index (κ2) is 8.59. The highest BCUT2D eigenvalue weighted by molar-refractivity contribution is 5.76. The van der Waals surface area contributed by atoms with Crippen LogP contribution in [0.4, 0.5) is 0 Å². The van der Waals surface area contributed by atoms with Crippen LogP contribution in [0.3, 0.4) is 0 Å². The Labute approximate surface area is 147 Å². The maximum Gasteiger partial charge on any atom is 0.220 e. The summed E-state index contributed by atoms with van der Waals surface area (Å²) in [7, 11) is 0. The van der Waals surface area contributed by atoms with Crippen molar-refractivity contribution in [2.75, 3.05) is 0 Å². The van der Waals surface area contributed by atoms with Crippen LogP contribution in [0.15, 0.2) is 73.5 Å². The van der Waals surface area contributed by atoms with Gasteiger partial charge in [-0.05, 0) is 29.7 Å². The van der Waals surface area contributed by atoms with Gasteiger partial charge in [0.1, 0.15) is 12.1 Å². The predicted octanol–water partition coefficient (Wildman–Crippen LogP) is 3.38. The third-order valence-corrected chi connectivity index (χ3v) is 3.72. The third kappa shape index (κ3) is 5.14. The Kier molecular flexibility index (Phi) is 5.72. The summed E-state index contributed by atoms with van der Waals surface area (Å²) in [5.41, 5.74) is 2.15. The van der Waals surface area contributed by atoms with E-state index in [0.717, 1.165) is 23.4 Å². The molecule has 2 aromatic heterocycles. The number of imidazole rings is 1. The number of nitrogens with one attached hydrogen (secondary N) is 1. The Balaban J connectivity index is 1.45. The Morgan fingerprint density at radius 1 is 1.16 bits per heavy atom. The van der Waals surface area contributed by atoms with Gasteiger partial charge in [-0.15, -0.1) is 0 Å². The van der Waals surface area contributed by atoms with E-state index in [-0.39, 0.29) is 5.91 Å². The highest BCUT2D eigenvalue weighted by Crippen LogP contribution is 2.07. The van der Waals surface area contributed by atoms with E-state index in [0.29, 0.717) is 13.0 Å². The zero-order chi connectivity index (χ0) is 17.3. The normalized spacial score (nSPS) is 10.9. The van der Waals surface area contributed by atoms with Gasteiger partial charge in [-0.25, -0.2) is 9.97 Å². The molecule has 0 aliphatic heterocycles. The van der Waals surface area contributed by atoms with Crippen molar-refractivity contribution in [1.29, 1.82) is 0 Å². The smallest absolute Gasteiger partial charge is 0.220 e. The Morgan fingerprint density at radius 2 is 2.04 bits per heavy atom. The lowest BCUT2D eigenvalue weighted by Gasteiger charge is -2.06. The molecule has 3 rings (SSSR count). The van der Waals surface area contributed by atoms with Gasteiger partial charge < -0.3 is 5.32 Å². The maximum atomic E-state index is 12.0. The summed E-state index contributed by atoms with van der Waals surface area (Å²) < 4.78 is 1.83. The summed E-state index contributed by atoms with van der Waals surface area (Å²) in [6.45, 7) is 0.492. The number of carbonyl (C=O) groups excluding carboxylic acids is 1. The maximum absolute atomic E-state index is 12.0. The molecule has 126 valence electrons. The van der Waals surface area contributed by atoms with Crippen LogP contribution in [0.2, 0.25) is 0 Å². The van der Waals surface area contributed by atoms with Crippen molar-refractivity contribution in [2.24, 2.45) is 0 Å². The zero-order valence-corrected chi connectivity index (χ0v) is 13.9. The largest absolute Gasteiger partial charge is 0.352 e. The number of benzene rings is 1. The molecular weight excluding hydrogens is 312 g/mol. The molecular formula is C20H20N4O. The van der Waals surface area contributed by atoms with Gasteiger partial charge >= 0.3 is 0 Å². The molecule has 3 aromatic rings. The molecule has 0 unspecified atom stereocenters. The molecule has 1 N–H and O–H groups in total. The molecule has 0 saturated heterocycles. The van der Waals surface area contributed by atoms with Crippen LogP contribution in [0.1, 0.15) is 24.0 Å². The molecule has 5 nitrogen and oxygen atoms in total. The minimum atomic E-state index is 0.0405. The molecule has 25 heavy (non-hydrogen) atoms. The molecule has 0 atom stereocenters. The van der Waals surface area contributed by atoms with Gasteiger partial charge in [-0.2, -0.15) is 0 Å². The van der Waals surface area contributed by atoms with Gasteiger partial charge in [0, 0.05) is 31.6 Å². The minimum absolute atomic E-state index is 0.0405. The topological polar surface area (TPSA) is 59.8 Å². The third-order valence-electron chi connectivity index (χ3n) is 3.72. The predicted molar refractivity (Wildman–Crippen MR) is 97.9 cm³/mol. The zero-order valence-electron chi connectivity index (χ0n) is 13.9. The fourth-order valence-corrected chi connectivity index (χ4v) is 2.39. The van der Waals surface area contributed by atoms with Crippen molar-refractivity contribution < 1.29 is 4.79 Å². The average Bonchev–Trinajstić information content (AvgIpc) is 3.19. The molecule has 0 aliphatic rings. The van der Waals surface area contributed by atoms with Gasteiger partial charge in [0.05, 0.1) is 0 Å². The van der Waals surface area contributed by atoms with Crippen LogP contribution in [0.25, 0.3) is 11.9 Å². The molecule has 1 aromatic carbocycles. The number of hydrogen-bond acceptors (Lipinski definition) is 3. The van der Waals surface area contributed by atoms with Crippen LogP contribution in [0.5, 0.6) is 0 Å². The van der Waals surface area contributed by atoms with E-state index in [1.165, 1.54) is 0 Å². The molecule has 0 bridgehead atoms. The second-order valence-corrected chi connectivity index (χ2v) is 5.62. The number of rotatable bonds is 7. The number of carbonyl (C=O) groups is 1. The van der Waals surface area contributed by atoms with Crippen LogP contribution in [-0.4, -0.2) is 20.4 Å². The van der Waals surface area contributed by atoms with Crippen molar-refractivity contribution in [2.45, 2.75) is 19.4 Å². The Morgan fingerprint density at radius 3 is 2.84 bits per heavy atom. The highest BCUT2D eigenvalue weighted by atomic mass is 16.1. The molecule has 0 spiro atoms. The first-order valence-corrected chi connectivity index (χ1v) is 8.23. The molecule has 0 saturated carbocycles. The molecule has 5 heteroatoms. The van der Waals surface area contributed by atoms with Crippen LogP contribution in [-0.2, 0) is 11.3 Å². The van der Waals surface area contributed by atoms with Gasteiger partial charge in [0.2, 0.25) is 5.91 Å². The average molecular weight is 332 g/mol.